The summed E-state index contributed by atoms with van der Waals surface area (Å²) in [6.45, 7) is 0. The van der Waals surface area contributed by atoms with Gasteiger partial charge in [-0.2, -0.15) is 8.78 Å². The van der Waals surface area contributed by atoms with E-state index in [-0.39, 0.29) is 12.0 Å². The highest BCUT2D eigenvalue weighted by atomic mass is 32.2. The topological polar surface area (TPSA) is 47.9 Å². The van der Waals surface area contributed by atoms with Crippen molar-refractivity contribution in [2.45, 2.75) is 43.1 Å². The quantitative estimate of drug-likeness (QED) is 0.286. The van der Waals surface area contributed by atoms with Gasteiger partial charge in [0.25, 0.3) is 0 Å². The van der Waals surface area contributed by atoms with Gasteiger partial charge in [0.2, 0.25) is 11.6 Å². The number of ether oxygens (including phenoxy) is 1. The minimum Gasteiger partial charge on any atom is -0.484 e. The Morgan fingerprint density at radius 3 is 2.00 bits per heavy atom. The van der Waals surface area contributed by atoms with Crippen molar-refractivity contribution in [3.05, 3.63) is 23.3 Å². The Morgan fingerprint density at radius 1 is 0.905 bits per heavy atom. The molecule has 118 valence electrons. The number of benzene rings is 1. The predicted molar refractivity (Wildman–Crippen MR) is 64.4 cm³/mol. The summed E-state index contributed by atoms with van der Waals surface area (Å²) in [5.74, 6) is -7.73. The van der Waals surface area contributed by atoms with E-state index in [1.54, 1.807) is 0 Å². The fourth-order valence-corrected chi connectivity index (χ4v) is 2.59. The van der Waals surface area contributed by atoms with Gasteiger partial charge in [-0.1, -0.05) is 11.5 Å². The second-order valence-corrected chi connectivity index (χ2v) is 5.23. The number of halogens is 4. The molecule has 21 heavy (non-hydrogen) atoms. The number of hydrogen-bond acceptors (Lipinski definition) is 5. The maximum absolute atomic E-state index is 13.8. The van der Waals surface area contributed by atoms with E-state index in [1.807, 2.05) is 0 Å². The predicted octanol–water partition coefficient (Wildman–Crippen LogP) is 4.38. The zero-order chi connectivity index (χ0) is 15.4. The van der Waals surface area contributed by atoms with E-state index < -0.39 is 40.0 Å². The van der Waals surface area contributed by atoms with Crippen LogP contribution in [0.15, 0.2) is 4.90 Å². The van der Waals surface area contributed by atoms with E-state index in [4.69, 9.17) is 9.99 Å². The molecule has 0 atom stereocenters. The van der Waals surface area contributed by atoms with Crippen LogP contribution in [-0.2, 0) is 9.37 Å². The summed E-state index contributed by atoms with van der Waals surface area (Å²) < 4.78 is 63.9. The van der Waals surface area contributed by atoms with Gasteiger partial charge in [-0.3, -0.25) is 0 Å². The first kappa shape index (κ1) is 16.3. The van der Waals surface area contributed by atoms with Crippen molar-refractivity contribution in [1.82, 2.24) is 0 Å². The SMILES string of the molecule is OOOSc1c(F)c(F)c(OC2CCCCC2)c(F)c1F. The molecule has 0 amide bonds. The molecule has 4 nitrogen and oxygen atoms in total. The first-order chi connectivity index (χ1) is 10.1. The minimum absolute atomic E-state index is 0.201. The molecule has 0 aliphatic heterocycles. The summed E-state index contributed by atoms with van der Waals surface area (Å²) >= 11 is -0.201. The molecule has 0 saturated heterocycles. The average molecular weight is 328 g/mol. The molecule has 1 saturated carbocycles. The third-order valence-electron chi connectivity index (χ3n) is 3.17. The van der Waals surface area contributed by atoms with Crippen LogP contribution in [0.25, 0.3) is 0 Å². The molecule has 0 bridgehead atoms. The molecule has 1 fully saturated rings. The molecular weight excluding hydrogens is 316 g/mol. The minimum atomic E-state index is -1.68. The van der Waals surface area contributed by atoms with Gasteiger partial charge < -0.3 is 4.74 Å². The molecule has 1 aliphatic rings. The van der Waals surface area contributed by atoms with Crippen molar-refractivity contribution < 1.29 is 36.9 Å². The highest BCUT2D eigenvalue weighted by Crippen LogP contribution is 2.37. The lowest BCUT2D eigenvalue weighted by Crippen LogP contribution is -2.21. The molecule has 1 aliphatic carbocycles. The molecule has 1 aromatic carbocycles. The van der Waals surface area contributed by atoms with Crippen LogP contribution in [0.1, 0.15) is 32.1 Å². The van der Waals surface area contributed by atoms with Gasteiger partial charge in [-0.05, 0) is 25.7 Å². The molecule has 0 aromatic heterocycles. The maximum atomic E-state index is 13.8. The average Bonchev–Trinajstić information content (AvgIpc) is 2.51. The summed E-state index contributed by atoms with van der Waals surface area (Å²) in [6.07, 6.45) is 3.31. The molecule has 2 rings (SSSR count). The van der Waals surface area contributed by atoms with Gasteiger partial charge in [-0.15, -0.1) is 4.33 Å². The fourth-order valence-electron chi connectivity index (χ4n) is 2.17. The third kappa shape index (κ3) is 3.60. The zero-order valence-electron chi connectivity index (χ0n) is 10.7. The molecule has 0 spiro atoms. The van der Waals surface area contributed by atoms with Gasteiger partial charge in [0.1, 0.15) is 4.90 Å². The number of hydrogen-bond donors (Lipinski definition) is 1. The van der Waals surface area contributed by atoms with Crippen molar-refractivity contribution in [3.8, 4) is 5.75 Å². The second kappa shape index (κ2) is 7.30. The van der Waals surface area contributed by atoms with Crippen molar-refractivity contribution in [3.63, 3.8) is 0 Å². The molecule has 0 heterocycles. The highest BCUT2D eigenvalue weighted by molar-refractivity contribution is 7.94. The Kier molecular flexibility index (Phi) is 5.68. The van der Waals surface area contributed by atoms with Crippen LogP contribution in [0.4, 0.5) is 17.6 Å². The first-order valence-electron chi connectivity index (χ1n) is 6.23. The molecular formula is C12H12F4O4S. The fraction of sp³-hybridized carbons (Fsp3) is 0.500. The Hall–Kier alpha value is -1.03. The van der Waals surface area contributed by atoms with Gasteiger partial charge in [0.05, 0.1) is 18.1 Å². The first-order valence-corrected chi connectivity index (χ1v) is 6.97. The lowest BCUT2D eigenvalue weighted by atomic mass is 9.98. The third-order valence-corrected chi connectivity index (χ3v) is 3.82. The lowest BCUT2D eigenvalue weighted by Gasteiger charge is -2.23. The Bertz CT molecular complexity index is 480. The van der Waals surface area contributed by atoms with E-state index >= 15 is 0 Å². The summed E-state index contributed by atoms with van der Waals surface area (Å²) in [4.78, 5) is -1.12. The van der Waals surface area contributed by atoms with Crippen molar-refractivity contribution >= 4 is 12.0 Å². The molecule has 0 unspecified atom stereocenters. The molecule has 0 radical (unpaired) electrons. The van der Waals surface area contributed by atoms with Crippen molar-refractivity contribution in [2.24, 2.45) is 0 Å². The summed E-state index contributed by atoms with van der Waals surface area (Å²) in [5, 5.41) is 11.1. The van der Waals surface area contributed by atoms with Crippen LogP contribution in [0, 0.1) is 23.3 Å². The lowest BCUT2D eigenvalue weighted by molar-refractivity contribution is -0.432. The smallest absolute Gasteiger partial charge is 0.205 e. The highest BCUT2D eigenvalue weighted by Gasteiger charge is 2.29. The maximum Gasteiger partial charge on any atom is 0.205 e. The van der Waals surface area contributed by atoms with Gasteiger partial charge in [0.15, 0.2) is 17.4 Å². The van der Waals surface area contributed by atoms with Crippen LogP contribution in [-0.4, -0.2) is 11.4 Å². The van der Waals surface area contributed by atoms with E-state index in [0.29, 0.717) is 12.8 Å². The molecule has 1 N–H and O–H groups in total. The largest absolute Gasteiger partial charge is 0.484 e. The van der Waals surface area contributed by atoms with E-state index in [1.165, 1.54) is 0 Å². The normalized spacial score (nSPS) is 16.2. The van der Waals surface area contributed by atoms with Crippen LogP contribution >= 0.6 is 12.0 Å². The van der Waals surface area contributed by atoms with Gasteiger partial charge in [-0.25, -0.2) is 14.0 Å². The summed E-state index contributed by atoms with van der Waals surface area (Å²) in [6, 6.07) is 0. The van der Waals surface area contributed by atoms with Crippen molar-refractivity contribution in [2.75, 3.05) is 0 Å². The second-order valence-electron chi connectivity index (χ2n) is 4.52. The Morgan fingerprint density at radius 2 is 1.48 bits per heavy atom. The Labute approximate surface area is 122 Å². The van der Waals surface area contributed by atoms with Crippen LogP contribution < -0.4 is 4.74 Å². The van der Waals surface area contributed by atoms with Gasteiger partial charge >= 0.3 is 0 Å². The van der Waals surface area contributed by atoms with Crippen LogP contribution in [0.2, 0.25) is 0 Å². The van der Waals surface area contributed by atoms with E-state index in [9.17, 15) is 17.6 Å². The van der Waals surface area contributed by atoms with Crippen molar-refractivity contribution in [1.29, 1.82) is 0 Å². The number of rotatable bonds is 5. The van der Waals surface area contributed by atoms with Gasteiger partial charge in [0, 0.05) is 0 Å². The summed E-state index contributed by atoms with van der Waals surface area (Å²) in [5.41, 5.74) is 0. The standard InChI is InChI=1S/C12H12F4O4S/c13-7-9(15)12(21-20-19-17)10(16)8(14)11(7)18-6-4-2-1-3-5-6/h6,17H,1-5H2. The van der Waals surface area contributed by atoms with E-state index in [0.717, 1.165) is 19.3 Å². The van der Waals surface area contributed by atoms with Crippen LogP contribution in [0.5, 0.6) is 5.75 Å². The molecule has 9 heteroatoms. The summed E-state index contributed by atoms with van der Waals surface area (Å²) in [7, 11) is 0. The zero-order valence-corrected chi connectivity index (χ0v) is 11.5. The monoisotopic (exact) mass is 328 g/mol. The Balaban J connectivity index is 2.29. The van der Waals surface area contributed by atoms with Crippen LogP contribution in [0.3, 0.4) is 0 Å². The molecule has 1 aromatic rings. The van der Waals surface area contributed by atoms with E-state index in [2.05, 4.69) is 9.37 Å².